The number of nitrogens with zero attached hydrogens (tertiary/aromatic N) is 1. The molecule has 5 heteroatoms. The third kappa shape index (κ3) is 4.72. The number of hydrogen-bond donors (Lipinski definition) is 2. The molecule has 0 atom stereocenters. The largest absolute Gasteiger partial charge is 0.497 e. The van der Waals surface area contributed by atoms with Gasteiger partial charge in [-0.1, -0.05) is 43.3 Å². The molecule has 4 aromatic rings. The Labute approximate surface area is 193 Å². The Balaban J connectivity index is 1.92. The zero-order chi connectivity index (χ0) is 23.4. The number of ether oxygens (including phenoxy) is 1. The summed E-state index contributed by atoms with van der Waals surface area (Å²) in [5.41, 5.74) is 8.69. The molecule has 1 heterocycles. The van der Waals surface area contributed by atoms with Crippen molar-refractivity contribution < 1.29 is 14.6 Å². The molecular weight excluding hydrogens is 412 g/mol. The van der Waals surface area contributed by atoms with Crippen LogP contribution in [0.4, 0.5) is 0 Å². The molecule has 0 amide bonds. The number of carboxylic acids is 1. The van der Waals surface area contributed by atoms with Gasteiger partial charge < -0.3 is 9.84 Å². The molecule has 0 saturated heterocycles. The minimum Gasteiger partial charge on any atom is -0.497 e. The monoisotopic (exact) mass is 438 g/mol. The second-order valence-corrected chi connectivity index (χ2v) is 7.85. The van der Waals surface area contributed by atoms with E-state index in [9.17, 15) is 4.79 Å². The van der Waals surface area contributed by atoms with Crippen molar-refractivity contribution in [1.29, 1.82) is 0 Å². The lowest BCUT2D eigenvalue weighted by atomic mass is 9.86. The van der Waals surface area contributed by atoms with Gasteiger partial charge >= 0.3 is 5.97 Å². The van der Waals surface area contributed by atoms with Crippen molar-refractivity contribution in [3.8, 4) is 5.75 Å². The number of nitrogens with one attached hydrogen (secondary N) is 1. The zero-order valence-corrected chi connectivity index (χ0v) is 18.9. The molecule has 3 aromatic carbocycles. The number of rotatable bonds is 7. The van der Waals surface area contributed by atoms with Crippen LogP contribution in [0.3, 0.4) is 0 Å². The van der Waals surface area contributed by atoms with Crippen molar-refractivity contribution in [3.63, 3.8) is 0 Å². The third-order valence-electron chi connectivity index (χ3n) is 5.76. The van der Waals surface area contributed by atoms with Crippen LogP contribution in [-0.2, 0) is 4.79 Å². The molecule has 33 heavy (non-hydrogen) atoms. The molecule has 0 spiro atoms. The maximum absolute atomic E-state index is 10.9. The van der Waals surface area contributed by atoms with Gasteiger partial charge in [0.2, 0.25) is 0 Å². The summed E-state index contributed by atoms with van der Waals surface area (Å²) in [5.74, 6) is -0.126. The Morgan fingerprint density at radius 1 is 1.06 bits per heavy atom. The molecule has 0 unspecified atom stereocenters. The van der Waals surface area contributed by atoms with Gasteiger partial charge in [-0.2, -0.15) is 5.10 Å². The van der Waals surface area contributed by atoms with E-state index >= 15 is 0 Å². The molecule has 0 aliphatic carbocycles. The summed E-state index contributed by atoms with van der Waals surface area (Å²) in [6.07, 6.45) is 5.42. The maximum atomic E-state index is 10.9. The van der Waals surface area contributed by atoms with Gasteiger partial charge in [-0.15, -0.1) is 0 Å². The molecule has 0 aliphatic heterocycles. The van der Waals surface area contributed by atoms with Gasteiger partial charge in [0.15, 0.2) is 0 Å². The molecule has 2 N–H and O–H groups in total. The Hall–Kier alpha value is -4.12. The van der Waals surface area contributed by atoms with Crippen molar-refractivity contribution >= 4 is 34.1 Å². The molecule has 0 aliphatic rings. The fourth-order valence-electron chi connectivity index (χ4n) is 4.15. The van der Waals surface area contributed by atoms with E-state index in [2.05, 4.69) is 54.4 Å². The highest BCUT2D eigenvalue weighted by atomic mass is 16.5. The van der Waals surface area contributed by atoms with E-state index in [0.29, 0.717) is 0 Å². The molecule has 0 bridgehead atoms. The van der Waals surface area contributed by atoms with Gasteiger partial charge in [-0.25, -0.2) is 4.79 Å². The first-order valence-electron chi connectivity index (χ1n) is 10.8. The highest BCUT2D eigenvalue weighted by Gasteiger charge is 2.16. The number of aryl methyl sites for hydroxylation is 1. The SMILES string of the molecule is CCC(=C(c1ccc(C=CC(=O)O)cc1)c1ccc2[nH]ncc2c1)c1ccc(OC)cc1C. The fourth-order valence-corrected chi connectivity index (χ4v) is 4.15. The summed E-state index contributed by atoms with van der Waals surface area (Å²) in [5, 5.41) is 17.2. The second kappa shape index (κ2) is 9.57. The maximum Gasteiger partial charge on any atom is 0.328 e. The summed E-state index contributed by atoms with van der Waals surface area (Å²) in [6, 6.07) is 20.5. The minimum atomic E-state index is -0.962. The molecule has 4 rings (SSSR count). The zero-order valence-electron chi connectivity index (χ0n) is 18.9. The second-order valence-electron chi connectivity index (χ2n) is 7.85. The normalized spacial score (nSPS) is 12.2. The predicted octanol–water partition coefficient (Wildman–Crippen LogP) is 6.35. The minimum absolute atomic E-state index is 0.836. The Kier molecular flexibility index (Phi) is 6.41. The lowest BCUT2D eigenvalue weighted by molar-refractivity contribution is -0.131. The number of allylic oxidation sites excluding steroid dienone is 1. The van der Waals surface area contributed by atoms with E-state index in [1.807, 2.05) is 36.5 Å². The predicted molar refractivity (Wildman–Crippen MR) is 133 cm³/mol. The average Bonchev–Trinajstić information content (AvgIpc) is 3.30. The molecule has 1 aromatic heterocycles. The summed E-state index contributed by atoms with van der Waals surface area (Å²) in [4.78, 5) is 10.9. The van der Waals surface area contributed by atoms with Gasteiger partial charge in [-0.3, -0.25) is 5.10 Å². The first-order chi connectivity index (χ1) is 16.0. The Bertz CT molecular complexity index is 1360. The van der Waals surface area contributed by atoms with Gasteiger partial charge in [0.05, 0.1) is 18.8 Å². The van der Waals surface area contributed by atoms with Crippen molar-refractivity contribution in [2.24, 2.45) is 0 Å². The Morgan fingerprint density at radius 2 is 1.82 bits per heavy atom. The molecule has 0 fully saturated rings. The first kappa shape index (κ1) is 22.1. The number of H-pyrrole nitrogens is 1. The number of carbonyl (C=O) groups is 1. The van der Waals surface area contributed by atoms with Crippen LogP contribution >= 0.6 is 0 Å². The van der Waals surface area contributed by atoms with E-state index in [0.717, 1.165) is 57.0 Å². The van der Waals surface area contributed by atoms with Crippen molar-refractivity contribution in [1.82, 2.24) is 10.2 Å². The highest BCUT2D eigenvalue weighted by Crippen LogP contribution is 2.37. The molecule has 5 nitrogen and oxygen atoms in total. The van der Waals surface area contributed by atoms with Crippen LogP contribution in [0.5, 0.6) is 5.75 Å². The average molecular weight is 439 g/mol. The number of hydrogen-bond acceptors (Lipinski definition) is 3. The number of aliphatic carboxylic acids is 1. The number of benzene rings is 3. The lowest BCUT2D eigenvalue weighted by Crippen LogP contribution is -1.98. The first-order valence-corrected chi connectivity index (χ1v) is 10.8. The van der Waals surface area contributed by atoms with Crippen LogP contribution in [0.25, 0.3) is 28.1 Å². The van der Waals surface area contributed by atoms with Crippen LogP contribution in [-0.4, -0.2) is 28.4 Å². The third-order valence-corrected chi connectivity index (χ3v) is 5.76. The smallest absolute Gasteiger partial charge is 0.328 e. The number of aromatic amines is 1. The van der Waals surface area contributed by atoms with Crippen LogP contribution in [0, 0.1) is 6.92 Å². The summed E-state index contributed by atoms with van der Waals surface area (Å²) in [6.45, 7) is 4.27. The van der Waals surface area contributed by atoms with Crippen LogP contribution in [0.15, 0.2) is 72.9 Å². The van der Waals surface area contributed by atoms with Gasteiger partial charge in [0.25, 0.3) is 0 Å². The van der Waals surface area contributed by atoms with Gasteiger partial charge in [0, 0.05) is 11.5 Å². The van der Waals surface area contributed by atoms with Crippen LogP contribution < -0.4 is 4.74 Å². The Morgan fingerprint density at radius 3 is 2.48 bits per heavy atom. The standard InChI is InChI=1S/C28H26N2O3/c1-4-24(25-12-11-23(33-3)15-18(25)2)28(21-10-13-26-22(16-21)17-29-30-26)20-8-5-19(6-9-20)7-14-27(31)32/h5-17H,4H2,1-3H3,(H,29,30)(H,31,32). The van der Waals surface area contributed by atoms with E-state index < -0.39 is 5.97 Å². The van der Waals surface area contributed by atoms with Gasteiger partial charge in [-0.05, 0) is 82.6 Å². The van der Waals surface area contributed by atoms with E-state index in [-0.39, 0.29) is 0 Å². The van der Waals surface area contributed by atoms with Crippen LogP contribution in [0.1, 0.15) is 41.2 Å². The van der Waals surface area contributed by atoms with E-state index in [1.165, 1.54) is 11.1 Å². The molecule has 0 radical (unpaired) electrons. The summed E-state index contributed by atoms with van der Waals surface area (Å²) >= 11 is 0. The number of aromatic nitrogens is 2. The summed E-state index contributed by atoms with van der Waals surface area (Å²) < 4.78 is 5.41. The van der Waals surface area contributed by atoms with Crippen molar-refractivity contribution in [2.45, 2.75) is 20.3 Å². The summed E-state index contributed by atoms with van der Waals surface area (Å²) in [7, 11) is 1.68. The van der Waals surface area contributed by atoms with E-state index in [1.54, 1.807) is 13.2 Å². The quantitative estimate of drug-likeness (QED) is 0.260. The molecule has 0 saturated carbocycles. The highest BCUT2D eigenvalue weighted by molar-refractivity contribution is 6.01. The van der Waals surface area contributed by atoms with Crippen molar-refractivity contribution in [2.75, 3.05) is 7.11 Å². The van der Waals surface area contributed by atoms with E-state index in [4.69, 9.17) is 9.84 Å². The van der Waals surface area contributed by atoms with Crippen LogP contribution in [0.2, 0.25) is 0 Å². The number of fused-ring (bicyclic) bond motifs is 1. The fraction of sp³-hybridized carbons (Fsp3) is 0.143. The van der Waals surface area contributed by atoms with Gasteiger partial charge in [0.1, 0.15) is 5.75 Å². The van der Waals surface area contributed by atoms with Crippen molar-refractivity contribution in [3.05, 3.63) is 101 Å². The molecular formula is C28H26N2O3. The molecule has 166 valence electrons. The number of carboxylic acid groups (broad SMARTS) is 1. The topological polar surface area (TPSA) is 75.2 Å². The number of methoxy groups -OCH3 is 1. The lowest BCUT2D eigenvalue weighted by Gasteiger charge is -2.18.